The number of ether oxygens (including phenoxy) is 2. The topological polar surface area (TPSA) is 55.8 Å². The van der Waals surface area contributed by atoms with Crippen molar-refractivity contribution in [3.8, 4) is 5.75 Å². The van der Waals surface area contributed by atoms with E-state index in [-0.39, 0.29) is 19.8 Å². The second kappa shape index (κ2) is 3.86. The fourth-order valence-electron chi connectivity index (χ4n) is 1.55. The first-order valence-corrected chi connectivity index (χ1v) is 4.40. The van der Waals surface area contributed by atoms with Gasteiger partial charge in [0, 0.05) is 11.1 Å². The molecule has 0 saturated carbocycles. The van der Waals surface area contributed by atoms with Gasteiger partial charge in [0.2, 0.25) is 0 Å². The molecule has 2 rings (SSSR count). The number of carboxylic acids is 1. The Morgan fingerprint density at radius 2 is 2.33 bits per heavy atom. The van der Waals surface area contributed by atoms with Crippen LogP contribution in [0.3, 0.4) is 0 Å². The lowest BCUT2D eigenvalue weighted by Gasteiger charge is -2.20. The van der Waals surface area contributed by atoms with E-state index in [1.54, 1.807) is 0 Å². The number of halogens is 1. The monoisotopic (exact) mass is 212 g/mol. The van der Waals surface area contributed by atoms with Crippen LogP contribution in [0, 0.1) is 5.82 Å². The summed E-state index contributed by atoms with van der Waals surface area (Å²) in [6.45, 7) is 0.324. The number of aliphatic carboxylic acids is 1. The Labute approximate surface area is 85.2 Å². The molecule has 5 heteroatoms. The second-order valence-corrected chi connectivity index (χ2v) is 3.23. The van der Waals surface area contributed by atoms with Crippen LogP contribution in [-0.4, -0.2) is 17.9 Å². The molecule has 0 atom stereocenters. The van der Waals surface area contributed by atoms with Crippen molar-refractivity contribution in [3.63, 3.8) is 0 Å². The zero-order chi connectivity index (χ0) is 10.8. The maximum atomic E-state index is 13.1. The average Bonchev–Trinajstić information content (AvgIpc) is 2.16. The van der Waals surface area contributed by atoms with E-state index < -0.39 is 11.8 Å². The number of rotatable bonds is 2. The van der Waals surface area contributed by atoms with E-state index in [2.05, 4.69) is 0 Å². The van der Waals surface area contributed by atoms with Crippen molar-refractivity contribution < 1.29 is 23.8 Å². The highest BCUT2D eigenvalue weighted by Gasteiger charge is 2.18. The summed E-state index contributed by atoms with van der Waals surface area (Å²) in [7, 11) is 0. The van der Waals surface area contributed by atoms with Crippen LogP contribution in [0.5, 0.6) is 5.75 Å². The van der Waals surface area contributed by atoms with Gasteiger partial charge in [0.15, 0.2) is 6.79 Å². The van der Waals surface area contributed by atoms with Crippen molar-refractivity contribution >= 4 is 5.97 Å². The summed E-state index contributed by atoms with van der Waals surface area (Å²) in [5, 5.41) is 8.65. The fraction of sp³-hybridized carbons (Fsp3) is 0.300. The Balaban J connectivity index is 2.43. The minimum Gasteiger partial charge on any atom is -0.481 e. The minimum atomic E-state index is -1.02. The molecule has 1 heterocycles. The fourth-order valence-corrected chi connectivity index (χ4v) is 1.55. The number of hydrogen-bond donors (Lipinski definition) is 1. The van der Waals surface area contributed by atoms with Gasteiger partial charge in [-0.1, -0.05) is 0 Å². The lowest BCUT2D eigenvalue weighted by Crippen LogP contribution is -2.15. The molecule has 1 aliphatic heterocycles. The summed E-state index contributed by atoms with van der Waals surface area (Å²) >= 11 is 0. The van der Waals surface area contributed by atoms with Gasteiger partial charge in [0.25, 0.3) is 0 Å². The van der Waals surface area contributed by atoms with Gasteiger partial charge < -0.3 is 14.6 Å². The predicted octanol–water partition coefficient (Wildman–Crippen LogP) is 1.32. The molecule has 15 heavy (non-hydrogen) atoms. The molecule has 0 bridgehead atoms. The Morgan fingerprint density at radius 1 is 1.53 bits per heavy atom. The maximum Gasteiger partial charge on any atom is 0.307 e. The molecule has 0 aliphatic carbocycles. The molecule has 0 saturated heterocycles. The molecule has 1 aromatic rings. The van der Waals surface area contributed by atoms with E-state index in [0.717, 1.165) is 0 Å². The molecular weight excluding hydrogens is 203 g/mol. The molecule has 0 spiro atoms. The molecule has 0 aromatic heterocycles. The highest BCUT2D eigenvalue weighted by atomic mass is 19.1. The third-order valence-electron chi connectivity index (χ3n) is 2.09. The largest absolute Gasteiger partial charge is 0.481 e. The van der Waals surface area contributed by atoms with Crippen LogP contribution in [-0.2, 0) is 22.6 Å². The molecular formula is C10H9FO4. The quantitative estimate of drug-likeness (QED) is 0.803. The SMILES string of the molecule is O=C(O)Cc1cc(F)cc2c1OCOC2. The summed E-state index contributed by atoms with van der Waals surface area (Å²) < 4.78 is 23.2. The van der Waals surface area contributed by atoms with Gasteiger partial charge in [-0.3, -0.25) is 4.79 Å². The molecule has 0 unspecified atom stereocenters. The van der Waals surface area contributed by atoms with Crippen LogP contribution in [0.25, 0.3) is 0 Å². The van der Waals surface area contributed by atoms with Crippen molar-refractivity contribution in [2.45, 2.75) is 13.0 Å². The number of carbonyl (C=O) groups is 1. The van der Waals surface area contributed by atoms with Crippen LogP contribution < -0.4 is 4.74 Å². The average molecular weight is 212 g/mol. The smallest absolute Gasteiger partial charge is 0.307 e. The molecule has 4 nitrogen and oxygen atoms in total. The first kappa shape index (κ1) is 9.92. The van der Waals surface area contributed by atoms with Gasteiger partial charge in [-0.05, 0) is 12.1 Å². The maximum absolute atomic E-state index is 13.1. The lowest BCUT2D eigenvalue weighted by atomic mass is 10.1. The predicted molar refractivity (Wildman–Crippen MR) is 48.0 cm³/mol. The molecule has 1 aliphatic rings. The summed E-state index contributed by atoms with van der Waals surface area (Å²) in [6, 6.07) is 2.47. The summed E-state index contributed by atoms with van der Waals surface area (Å²) in [5.41, 5.74) is 0.901. The van der Waals surface area contributed by atoms with Crippen molar-refractivity contribution in [1.82, 2.24) is 0 Å². The highest BCUT2D eigenvalue weighted by molar-refractivity contribution is 5.71. The van der Waals surface area contributed by atoms with Gasteiger partial charge in [-0.25, -0.2) is 4.39 Å². The van der Waals surface area contributed by atoms with E-state index in [1.807, 2.05) is 0 Å². The Morgan fingerprint density at radius 3 is 3.07 bits per heavy atom. The third kappa shape index (κ3) is 2.07. The van der Waals surface area contributed by atoms with Crippen molar-refractivity contribution in [1.29, 1.82) is 0 Å². The highest BCUT2D eigenvalue weighted by Crippen LogP contribution is 2.29. The van der Waals surface area contributed by atoms with Gasteiger partial charge >= 0.3 is 5.97 Å². The molecule has 1 aromatic carbocycles. The normalized spacial score (nSPS) is 14.2. The molecule has 1 N–H and O–H groups in total. The summed E-state index contributed by atoms with van der Waals surface area (Å²) in [5.74, 6) is -1.05. The first-order valence-electron chi connectivity index (χ1n) is 4.40. The second-order valence-electron chi connectivity index (χ2n) is 3.23. The van der Waals surface area contributed by atoms with Gasteiger partial charge in [0.1, 0.15) is 11.6 Å². The van der Waals surface area contributed by atoms with Gasteiger partial charge in [-0.2, -0.15) is 0 Å². The van der Waals surface area contributed by atoms with Crippen LogP contribution in [0.4, 0.5) is 4.39 Å². The summed E-state index contributed by atoms with van der Waals surface area (Å²) in [6.07, 6.45) is -0.250. The molecule has 80 valence electrons. The van der Waals surface area contributed by atoms with E-state index in [4.69, 9.17) is 14.6 Å². The number of benzene rings is 1. The lowest BCUT2D eigenvalue weighted by molar-refractivity contribution is -0.136. The van der Waals surface area contributed by atoms with Gasteiger partial charge in [-0.15, -0.1) is 0 Å². The minimum absolute atomic E-state index is 0.0747. The van der Waals surface area contributed by atoms with E-state index >= 15 is 0 Å². The van der Waals surface area contributed by atoms with Crippen LogP contribution in [0.15, 0.2) is 12.1 Å². The molecule has 0 radical (unpaired) electrons. The summed E-state index contributed by atoms with van der Waals surface area (Å²) in [4.78, 5) is 10.6. The van der Waals surface area contributed by atoms with E-state index in [1.165, 1.54) is 12.1 Å². The third-order valence-corrected chi connectivity index (χ3v) is 2.09. The first-order chi connectivity index (χ1) is 7.16. The zero-order valence-electron chi connectivity index (χ0n) is 7.83. The Hall–Kier alpha value is -1.62. The van der Waals surface area contributed by atoms with Crippen molar-refractivity contribution in [2.75, 3.05) is 6.79 Å². The molecule has 0 fully saturated rings. The van der Waals surface area contributed by atoms with Gasteiger partial charge in [0.05, 0.1) is 13.0 Å². The van der Waals surface area contributed by atoms with E-state index in [0.29, 0.717) is 16.9 Å². The zero-order valence-corrected chi connectivity index (χ0v) is 7.83. The Kier molecular flexibility index (Phi) is 2.55. The van der Waals surface area contributed by atoms with Crippen LogP contribution in [0.1, 0.15) is 11.1 Å². The van der Waals surface area contributed by atoms with Crippen molar-refractivity contribution in [3.05, 3.63) is 29.1 Å². The Bertz CT molecular complexity index is 403. The van der Waals surface area contributed by atoms with Crippen LogP contribution >= 0.6 is 0 Å². The number of fused-ring (bicyclic) bond motifs is 1. The standard InChI is InChI=1S/C10H9FO4/c11-8-1-6(3-9(12)13)10-7(2-8)4-14-5-15-10/h1-2H,3-5H2,(H,12,13). The number of hydrogen-bond acceptors (Lipinski definition) is 3. The molecule has 0 amide bonds. The van der Waals surface area contributed by atoms with Crippen LogP contribution in [0.2, 0.25) is 0 Å². The van der Waals surface area contributed by atoms with E-state index in [9.17, 15) is 9.18 Å². The van der Waals surface area contributed by atoms with Crippen molar-refractivity contribution in [2.24, 2.45) is 0 Å². The number of carboxylic acid groups (broad SMARTS) is 1.